The lowest BCUT2D eigenvalue weighted by Gasteiger charge is -2.09. The number of carboxylic acid groups (broad SMARTS) is 1. The first-order valence-electron chi connectivity index (χ1n) is 7.94. The molecule has 0 unspecified atom stereocenters. The average molecular weight is 382 g/mol. The number of carboxylic acids is 1. The molecule has 0 spiro atoms. The smallest absolute Gasteiger partial charge is 0.303 e. The summed E-state index contributed by atoms with van der Waals surface area (Å²) in [6, 6.07) is 14.5. The van der Waals surface area contributed by atoms with E-state index in [9.17, 15) is 13.2 Å². The van der Waals surface area contributed by atoms with Crippen LogP contribution in [0.4, 0.5) is 5.69 Å². The Balaban J connectivity index is 1.89. The molecule has 0 radical (unpaired) electrons. The molecule has 0 saturated carbocycles. The first-order valence-corrected chi connectivity index (χ1v) is 9.97. The van der Waals surface area contributed by atoms with Crippen LogP contribution in [-0.4, -0.2) is 25.2 Å². The molecule has 0 aromatic heterocycles. The Kier molecular flexibility index (Phi) is 6.84. The summed E-state index contributed by atoms with van der Waals surface area (Å²) in [5, 5.41) is 9.21. The minimum atomic E-state index is -3.43. The van der Waals surface area contributed by atoms with Crippen LogP contribution in [-0.2, 0) is 14.8 Å². The zero-order chi connectivity index (χ0) is 18.3. The van der Waals surface area contributed by atoms with Gasteiger partial charge in [-0.2, -0.15) is 0 Å². The van der Waals surface area contributed by atoms with Crippen molar-refractivity contribution in [1.29, 1.82) is 0 Å². The predicted octanol–water partition coefficient (Wildman–Crippen LogP) is 4.39. The van der Waals surface area contributed by atoms with Gasteiger partial charge in [-0.15, -0.1) is 0 Å². The maximum atomic E-state index is 12.0. The van der Waals surface area contributed by atoms with Crippen molar-refractivity contribution in [3.05, 3.63) is 53.6 Å². The molecule has 5 nitrogen and oxygen atoms in total. The van der Waals surface area contributed by atoms with Crippen LogP contribution in [0.2, 0.25) is 5.02 Å². The van der Waals surface area contributed by atoms with Gasteiger partial charge in [0.25, 0.3) is 0 Å². The fourth-order valence-corrected chi connectivity index (χ4v) is 3.66. The summed E-state index contributed by atoms with van der Waals surface area (Å²) in [6.07, 6.45) is 1.56. The van der Waals surface area contributed by atoms with Gasteiger partial charge >= 0.3 is 5.97 Å². The molecular formula is C18H20ClNO4S. The largest absolute Gasteiger partial charge is 0.481 e. The van der Waals surface area contributed by atoms with Gasteiger partial charge in [-0.1, -0.05) is 42.3 Å². The van der Waals surface area contributed by atoms with Gasteiger partial charge in [0.1, 0.15) is 0 Å². The van der Waals surface area contributed by atoms with Crippen molar-refractivity contribution in [2.45, 2.75) is 25.7 Å². The average Bonchev–Trinajstić information content (AvgIpc) is 2.55. The lowest BCUT2D eigenvalue weighted by molar-refractivity contribution is -0.137. The van der Waals surface area contributed by atoms with Crippen LogP contribution in [0.5, 0.6) is 0 Å². The van der Waals surface area contributed by atoms with Crippen LogP contribution in [0.15, 0.2) is 48.5 Å². The Morgan fingerprint density at radius 2 is 1.48 bits per heavy atom. The van der Waals surface area contributed by atoms with Crippen molar-refractivity contribution in [3.8, 4) is 11.1 Å². The second kappa shape index (κ2) is 8.87. The Labute approximate surface area is 152 Å². The van der Waals surface area contributed by atoms with Crippen LogP contribution >= 0.6 is 11.6 Å². The lowest BCUT2D eigenvalue weighted by Crippen LogP contribution is -2.16. The molecule has 0 fully saturated rings. The molecule has 2 aromatic carbocycles. The highest BCUT2D eigenvalue weighted by molar-refractivity contribution is 7.92. The van der Waals surface area contributed by atoms with Gasteiger partial charge in [0.15, 0.2) is 0 Å². The molecular weight excluding hydrogens is 362 g/mol. The number of nitrogens with one attached hydrogen (secondary N) is 1. The van der Waals surface area contributed by atoms with E-state index in [1.54, 1.807) is 24.3 Å². The number of benzene rings is 2. The van der Waals surface area contributed by atoms with Crippen molar-refractivity contribution < 1.29 is 18.3 Å². The first kappa shape index (κ1) is 19.3. The molecule has 7 heteroatoms. The van der Waals surface area contributed by atoms with E-state index >= 15 is 0 Å². The van der Waals surface area contributed by atoms with E-state index in [1.165, 1.54) is 0 Å². The highest BCUT2D eigenvalue weighted by Crippen LogP contribution is 2.23. The number of aliphatic carboxylic acids is 1. The number of sulfonamides is 1. The van der Waals surface area contributed by atoms with Crippen LogP contribution in [0.25, 0.3) is 11.1 Å². The number of unbranched alkanes of at least 4 members (excludes halogenated alkanes) is 2. The SMILES string of the molecule is O=C(O)CCCCCS(=O)(=O)Nc1ccc(-c2ccc(Cl)cc2)cc1. The van der Waals surface area contributed by atoms with E-state index in [1.807, 2.05) is 24.3 Å². The van der Waals surface area contributed by atoms with Gasteiger partial charge in [0, 0.05) is 17.1 Å². The van der Waals surface area contributed by atoms with Crippen molar-refractivity contribution in [3.63, 3.8) is 0 Å². The molecule has 0 saturated heterocycles. The van der Waals surface area contributed by atoms with E-state index in [2.05, 4.69) is 4.72 Å². The summed E-state index contributed by atoms with van der Waals surface area (Å²) in [4.78, 5) is 10.4. The molecule has 0 aliphatic heterocycles. The molecule has 134 valence electrons. The standard InChI is InChI=1S/C18H20ClNO4S/c19-16-9-5-14(6-10-16)15-7-11-17(12-8-15)20-25(23,24)13-3-1-2-4-18(21)22/h5-12,20H,1-4,13H2,(H,21,22). The van der Waals surface area contributed by atoms with Gasteiger partial charge in [-0.3, -0.25) is 9.52 Å². The molecule has 2 aromatic rings. The minimum Gasteiger partial charge on any atom is -0.481 e. The molecule has 0 heterocycles. The summed E-state index contributed by atoms with van der Waals surface area (Å²) in [5.74, 6) is -0.882. The number of hydrogen-bond donors (Lipinski definition) is 2. The molecule has 2 rings (SSSR count). The number of rotatable bonds is 9. The molecule has 0 bridgehead atoms. The Morgan fingerprint density at radius 3 is 2.04 bits per heavy atom. The topological polar surface area (TPSA) is 83.5 Å². The summed E-state index contributed by atoms with van der Waals surface area (Å²) in [7, 11) is -3.43. The van der Waals surface area contributed by atoms with Crippen LogP contribution in [0, 0.1) is 0 Å². The summed E-state index contributed by atoms with van der Waals surface area (Å²) in [6.45, 7) is 0. The molecule has 0 atom stereocenters. The fourth-order valence-electron chi connectivity index (χ4n) is 2.35. The zero-order valence-electron chi connectivity index (χ0n) is 13.6. The van der Waals surface area contributed by atoms with Crippen LogP contribution < -0.4 is 4.72 Å². The van der Waals surface area contributed by atoms with Gasteiger partial charge in [-0.25, -0.2) is 8.42 Å². The van der Waals surface area contributed by atoms with E-state index in [0.717, 1.165) is 11.1 Å². The number of carbonyl (C=O) groups is 1. The normalized spacial score (nSPS) is 11.2. The second-order valence-electron chi connectivity index (χ2n) is 5.71. The molecule has 25 heavy (non-hydrogen) atoms. The highest BCUT2D eigenvalue weighted by atomic mass is 35.5. The third kappa shape index (κ3) is 6.76. The molecule has 0 aliphatic carbocycles. The van der Waals surface area contributed by atoms with Crippen LogP contribution in [0.1, 0.15) is 25.7 Å². The van der Waals surface area contributed by atoms with E-state index < -0.39 is 16.0 Å². The van der Waals surface area contributed by atoms with Crippen molar-refractivity contribution >= 4 is 33.3 Å². The first-order chi connectivity index (χ1) is 11.9. The van der Waals surface area contributed by atoms with Crippen molar-refractivity contribution in [1.82, 2.24) is 0 Å². The third-order valence-corrected chi connectivity index (χ3v) is 5.26. The Morgan fingerprint density at radius 1 is 0.920 bits per heavy atom. The van der Waals surface area contributed by atoms with Crippen LogP contribution in [0.3, 0.4) is 0 Å². The molecule has 0 aliphatic rings. The van der Waals surface area contributed by atoms with E-state index in [-0.39, 0.29) is 12.2 Å². The zero-order valence-corrected chi connectivity index (χ0v) is 15.2. The predicted molar refractivity (Wildman–Crippen MR) is 100 cm³/mol. The highest BCUT2D eigenvalue weighted by Gasteiger charge is 2.10. The molecule has 2 N–H and O–H groups in total. The summed E-state index contributed by atoms with van der Waals surface area (Å²) in [5.41, 5.74) is 2.47. The third-order valence-electron chi connectivity index (χ3n) is 3.64. The van der Waals surface area contributed by atoms with Gasteiger partial charge < -0.3 is 5.11 Å². The Bertz CT molecular complexity index is 802. The van der Waals surface area contributed by atoms with E-state index in [4.69, 9.17) is 16.7 Å². The fraction of sp³-hybridized carbons (Fsp3) is 0.278. The van der Waals surface area contributed by atoms with E-state index in [0.29, 0.717) is 30.0 Å². The summed E-state index contributed by atoms with van der Waals surface area (Å²) >= 11 is 5.87. The molecule has 0 amide bonds. The van der Waals surface area contributed by atoms with Gasteiger partial charge in [0.05, 0.1) is 5.75 Å². The summed E-state index contributed by atoms with van der Waals surface area (Å²) < 4.78 is 26.6. The second-order valence-corrected chi connectivity index (χ2v) is 7.99. The Hall–Kier alpha value is -2.05. The lowest BCUT2D eigenvalue weighted by atomic mass is 10.1. The number of hydrogen-bond acceptors (Lipinski definition) is 3. The maximum Gasteiger partial charge on any atom is 0.303 e. The monoisotopic (exact) mass is 381 g/mol. The quantitative estimate of drug-likeness (QED) is 0.631. The van der Waals surface area contributed by atoms with Crippen molar-refractivity contribution in [2.24, 2.45) is 0 Å². The number of anilines is 1. The van der Waals surface area contributed by atoms with Crippen molar-refractivity contribution in [2.75, 3.05) is 10.5 Å². The van der Waals surface area contributed by atoms with Gasteiger partial charge in [0.2, 0.25) is 10.0 Å². The maximum absolute atomic E-state index is 12.0. The number of halogens is 1. The van der Waals surface area contributed by atoms with Gasteiger partial charge in [-0.05, 0) is 48.2 Å². The minimum absolute atomic E-state index is 0.0223.